The number of rotatable bonds is 4. The Hall–Kier alpha value is -1.35. The summed E-state index contributed by atoms with van der Waals surface area (Å²) in [6.07, 6.45) is 3.53. The predicted octanol–water partition coefficient (Wildman–Crippen LogP) is 3.55. The number of likely N-dealkylation sites (tertiary alicyclic amines) is 1. The van der Waals surface area contributed by atoms with E-state index < -0.39 is 0 Å². The van der Waals surface area contributed by atoms with Crippen LogP contribution < -0.4 is 0 Å². The molecule has 0 N–H and O–H groups in total. The molecule has 20 heavy (non-hydrogen) atoms. The molecule has 1 aromatic carbocycles. The molecular weight excluding hydrogens is 250 g/mol. The summed E-state index contributed by atoms with van der Waals surface area (Å²) in [6, 6.07) is 10.5. The van der Waals surface area contributed by atoms with Crippen LogP contribution in [0.15, 0.2) is 30.3 Å². The number of esters is 1. The Morgan fingerprint density at radius 2 is 1.85 bits per heavy atom. The summed E-state index contributed by atoms with van der Waals surface area (Å²) in [5.74, 6) is -0.126. The molecule has 1 fully saturated rings. The summed E-state index contributed by atoms with van der Waals surface area (Å²) in [6.45, 7) is 6.72. The van der Waals surface area contributed by atoms with Gasteiger partial charge < -0.3 is 4.74 Å². The minimum Gasteiger partial charge on any atom is -0.465 e. The highest BCUT2D eigenvalue weighted by atomic mass is 16.5. The second kappa shape index (κ2) is 6.89. The third kappa shape index (κ3) is 3.21. The van der Waals surface area contributed by atoms with Crippen LogP contribution in [0.3, 0.4) is 0 Å². The molecule has 0 amide bonds. The van der Waals surface area contributed by atoms with Gasteiger partial charge in [-0.15, -0.1) is 0 Å². The SMILES string of the molecule is CCOC(=O)C(c1ccccc1)N1C(C)CCCC1C. The standard InChI is InChI=1S/C17H25NO2/c1-4-20-17(19)16(15-11-6-5-7-12-15)18-13(2)9-8-10-14(18)3/h5-7,11-14,16H,4,8-10H2,1-3H3. The topological polar surface area (TPSA) is 29.5 Å². The summed E-state index contributed by atoms with van der Waals surface area (Å²) in [5, 5.41) is 0. The van der Waals surface area contributed by atoms with E-state index in [0.29, 0.717) is 18.7 Å². The molecule has 2 rings (SSSR count). The van der Waals surface area contributed by atoms with Gasteiger partial charge in [-0.25, -0.2) is 4.79 Å². The largest absolute Gasteiger partial charge is 0.465 e. The van der Waals surface area contributed by atoms with E-state index in [2.05, 4.69) is 18.7 Å². The number of benzene rings is 1. The van der Waals surface area contributed by atoms with Crippen molar-refractivity contribution in [3.05, 3.63) is 35.9 Å². The fraction of sp³-hybridized carbons (Fsp3) is 0.588. The Morgan fingerprint density at radius 3 is 2.40 bits per heavy atom. The highest BCUT2D eigenvalue weighted by Crippen LogP contribution is 2.33. The molecule has 0 bridgehead atoms. The zero-order chi connectivity index (χ0) is 14.5. The molecule has 110 valence electrons. The minimum atomic E-state index is -0.276. The molecule has 3 atom stereocenters. The lowest BCUT2D eigenvalue weighted by Crippen LogP contribution is -2.48. The highest BCUT2D eigenvalue weighted by molar-refractivity contribution is 5.77. The van der Waals surface area contributed by atoms with Gasteiger partial charge in [0.1, 0.15) is 6.04 Å². The maximum absolute atomic E-state index is 12.5. The smallest absolute Gasteiger partial charge is 0.328 e. The average Bonchev–Trinajstić information content (AvgIpc) is 2.44. The van der Waals surface area contributed by atoms with Crippen molar-refractivity contribution in [2.45, 2.75) is 58.2 Å². The van der Waals surface area contributed by atoms with Crippen LogP contribution in [0, 0.1) is 0 Å². The number of hydrogen-bond acceptors (Lipinski definition) is 3. The van der Waals surface area contributed by atoms with Gasteiger partial charge in [0.15, 0.2) is 0 Å². The Morgan fingerprint density at radius 1 is 1.25 bits per heavy atom. The zero-order valence-corrected chi connectivity index (χ0v) is 12.7. The third-order valence-corrected chi connectivity index (χ3v) is 4.19. The summed E-state index contributed by atoms with van der Waals surface area (Å²) in [7, 11) is 0. The van der Waals surface area contributed by atoms with E-state index in [-0.39, 0.29) is 12.0 Å². The van der Waals surface area contributed by atoms with Crippen molar-refractivity contribution < 1.29 is 9.53 Å². The normalized spacial score (nSPS) is 25.1. The van der Waals surface area contributed by atoms with E-state index in [0.717, 1.165) is 18.4 Å². The van der Waals surface area contributed by atoms with Crippen LogP contribution in [0.5, 0.6) is 0 Å². The van der Waals surface area contributed by atoms with E-state index in [4.69, 9.17) is 4.74 Å². The number of hydrogen-bond donors (Lipinski definition) is 0. The fourth-order valence-electron chi connectivity index (χ4n) is 3.24. The lowest BCUT2D eigenvalue weighted by molar-refractivity contribution is -0.153. The molecule has 0 aromatic heterocycles. The lowest BCUT2D eigenvalue weighted by Gasteiger charge is -2.43. The quantitative estimate of drug-likeness (QED) is 0.787. The molecule has 1 saturated heterocycles. The van der Waals surface area contributed by atoms with E-state index in [9.17, 15) is 4.79 Å². The number of piperidine rings is 1. The molecule has 3 heteroatoms. The van der Waals surface area contributed by atoms with E-state index in [1.807, 2.05) is 37.3 Å². The summed E-state index contributed by atoms with van der Waals surface area (Å²) < 4.78 is 5.33. The first-order valence-electron chi connectivity index (χ1n) is 7.64. The fourth-order valence-corrected chi connectivity index (χ4v) is 3.24. The summed E-state index contributed by atoms with van der Waals surface area (Å²) >= 11 is 0. The van der Waals surface area contributed by atoms with Gasteiger partial charge in [0.25, 0.3) is 0 Å². The average molecular weight is 275 g/mol. The van der Waals surface area contributed by atoms with Gasteiger partial charge in [0.05, 0.1) is 6.61 Å². The van der Waals surface area contributed by atoms with Crippen molar-refractivity contribution in [2.24, 2.45) is 0 Å². The van der Waals surface area contributed by atoms with Crippen LogP contribution in [0.2, 0.25) is 0 Å². The second-order valence-corrected chi connectivity index (χ2v) is 5.64. The maximum Gasteiger partial charge on any atom is 0.328 e. The lowest BCUT2D eigenvalue weighted by atomic mass is 9.92. The molecule has 1 aliphatic rings. The van der Waals surface area contributed by atoms with Crippen molar-refractivity contribution >= 4 is 5.97 Å². The van der Waals surface area contributed by atoms with E-state index in [1.165, 1.54) is 6.42 Å². The molecule has 1 aromatic rings. The Kier molecular flexibility index (Phi) is 5.18. The minimum absolute atomic E-state index is 0.126. The number of carbonyl (C=O) groups is 1. The van der Waals surface area contributed by atoms with Crippen molar-refractivity contribution in [3.8, 4) is 0 Å². The molecular formula is C17H25NO2. The molecule has 1 aliphatic heterocycles. The Bertz CT molecular complexity index is 422. The van der Waals surface area contributed by atoms with Crippen molar-refractivity contribution in [1.29, 1.82) is 0 Å². The Labute approximate surface area is 121 Å². The summed E-state index contributed by atoms with van der Waals surface area (Å²) in [4.78, 5) is 14.8. The van der Waals surface area contributed by atoms with Crippen LogP contribution in [-0.2, 0) is 9.53 Å². The van der Waals surface area contributed by atoms with Crippen LogP contribution in [0.25, 0.3) is 0 Å². The van der Waals surface area contributed by atoms with Crippen molar-refractivity contribution in [1.82, 2.24) is 4.90 Å². The molecule has 0 aliphatic carbocycles. The first-order valence-corrected chi connectivity index (χ1v) is 7.64. The first kappa shape index (κ1) is 15.0. The molecule has 1 heterocycles. The van der Waals surface area contributed by atoms with Crippen LogP contribution in [-0.4, -0.2) is 29.6 Å². The number of ether oxygens (including phenoxy) is 1. The van der Waals surface area contributed by atoms with Crippen LogP contribution in [0.1, 0.15) is 51.6 Å². The molecule has 0 radical (unpaired) electrons. The van der Waals surface area contributed by atoms with Crippen LogP contribution in [0.4, 0.5) is 0 Å². The van der Waals surface area contributed by atoms with Gasteiger partial charge in [0, 0.05) is 12.1 Å². The zero-order valence-electron chi connectivity index (χ0n) is 12.7. The first-order chi connectivity index (χ1) is 9.65. The van der Waals surface area contributed by atoms with E-state index in [1.54, 1.807) is 0 Å². The Balaban J connectivity index is 2.32. The molecule has 0 saturated carbocycles. The van der Waals surface area contributed by atoms with Crippen molar-refractivity contribution in [3.63, 3.8) is 0 Å². The molecule has 3 nitrogen and oxygen atoms in total. The highest BCUT2D eigenvalue weighted by Gasteiger charge is 2.36. The van der Waals surface area contributed by atoms with Gasteiger partial charge >= 0.3 is 5.97 Å². The summed E-state index contributed by atoms with van der Waals surface area (Å²) in [5.41, 5.74) is 1.03. The predicted molar refractivity (Wildman–Crippen MR) is 80.4 cm³/mol. The number of nitrogens with zero attached hydrogens (tertiary/aromatic N) is 1. The van der Waals surface area contributed by atoms with Gasteiger partial charge in [-0.05, 0) is 39.2 Å². The maximum atomic E-state index is 12.5. The third-order valence-electron chi connectivity index (χ3n) is 4.19. The monoisotopic (exact) mass is 275 g/mol. The van der Waals surface area contributed by atoms with Gasteiger partial charge in [-0.1, -0.05) is 36.8 Å². The van der Waals surface area contributed by atoms with Gasteiger partial charge in [-0.3, -0.25) is 4.90 Å². The van der Waals surface area contributed by atoms with Crippen molar-refractivity contribution in [2.75, 3.05) is 6.61 Å². The van der Waals surface area contributed by atoms with Gasteiger partial charge in [0.2, 0.25) is 0 Å². The van der Waals surface area contributed by atoms with Crippen LogP contribution >= 0.6 is 0 Å². The second-order valence-electron chi connectivity index (χ2n) is 5.64. The molecule has 3 unspecified atom stereocenters. The molecule has 0 spiro atoms. The van der Waals surface area contributed by atoms with Gasteiger partial charge in [-0.2, -0.15) is 0 Å². The number of carbonyl (C=O) groups excluding carboxylic acids is 1. The van der Waals surface area contributed by atoms with E-state index >= 15 is 0 Å².